The first-order chi connectivity index (χ1) is 6.11. The molecule has 0 saturated carbocycles. The minimum atomic E-state index is -0.895. The van der Waals surface area contributed by atoms with Gasteiger partial charge in [0.15, 0.2) is 0 Å². The molecule has 1 N–H and O–H groups in total. The summed E-state index contributed by atoms with van der Waals surface area (Å²) in [6.45, 7) is 1.94. The molecule has 70 valence electrons. The minimum absolute atomic E-state index is 0.0244. The number of carbonyl (C=O) groups is 1. The monoisotopic (exact) mass is 181 g/mol. The number of aliphatic carboxylic acids is 1. The molecular weight excluding hydrogens is 170 g/mol. The van der Waals surface area contributed by atoms with Crippen LogP contribution in [0.3, 0.4) is 0 Å². The van der Waals surface area contributed by atoms with E-state index in [-0.39, 0.29) is 18.5 Å². The molecule has 13 heavy (non-hydrogen) atoms. The molecule has 0 aliphatic carbocycles. The molecule has 0 aliphatic heterocycles. The second-order valence-corrected chi connectivity index (χ2v) is 2.83. The number of nitrogens with zero attached hydrogens (tertiary/aromatic N) is 1. The Labute approximate surface area is 75.4 Å². The van der Waals surface area contributed by atoms with E-state index in [1.165, 1.54) is 4.57 Å². The van der Waals surface area contributed by atoms with Crippen LogP contribution in [0.4, 0.5) is 0 Å². The first kappa shape index (κ1) is 9.51. The third kappa shape index (κ3) is 2.43. The number of carboxylic acids is 1. The van der Waals surface area contributed by atoms with E-state index in [1.807, 2.05) is 0 Å². The van der Waals surface area contributed by atoms with Crippen LogP contribution >= 0.6 is 0 Å². The Kier molecular flexibility index (Phi) is 2.84. The first-order valence-corrected chi connectivity index (χ1v) is 3.99. The van der Waals surface area contributed by atoms with Crippen LogP contribution < -0.4 is 5.56 Å². The van der Waals surface area contributed by atoms with Crippen molar-refractivity contribution in [3.8, 4) is 0 Å². The number of aromatic nitrogens is 1. The van der Waals surface area contributed by atoms with Crippen molar-refractivity contribution in [3.63, 3.8) is 0 Å². The Bertz CT molecular complexity index is 367. The summed E-state index contributed by atoms with van der Waals surface area (Å²) in [5.74, 6) is -0.895. The molecule has 1 heterocycles. The highest BCUT2D eigenvalue weighted by Crippen LogP contribution is 1.91. The van der Waals surface area contributed by atoms with Crippen molar-refractivity contribution in [1.82, 2.24) is 4.57 Å². The zero-order chi connectivity index (χ0) is 9.84. The summed E-state index contributed by atoms with van der Waals surface area (Å²) in [6, 6.07) is 3.44. The highest BCUT2D eigenvalue weighted by atomic mass is 16.4. The van der Waals surface area contributed by atoms with Crippen LogP contribution in [0.2, 0.25) is 0 Å². The fourth-order valence-electron chi connectivity index (χ4n) is 1.05. The van der Waals surface area contributed by atoms with Gasteiger partial charge in [0, 0.05) is 18.3 Å². The van der Waals surface area contributed by atoms with E-state index in [0.29, 0.717) is 5.56 Å². The SMILES string of the molecule is Cc1cccn(CCC(=O)O)c1=O. The highest BCUT2D eigenvalue weighted by molar-refractivity contribution is 5.66. The summed E-state index contributed by atoms with van der Waals surface area (Å²) >= 11 is 0. The maximum Gasteiger partial charge on any atom is 0.305 e. The average Bonchev–Trinajstić information content (AvgIpc) is 2.07. The molecule has 4 heteroatoms. The van der Waals surface area contributed by atoms with E-state index in [0.717, 1.165) is 0 Å². The molecule has 0 aliphatic rings. The standard InChI is InChI=1S/C9H11NO3/c1-7-3-2-5-10(9(7)13)6-4-8(11)12/h2-3,5H,4,6H2,1H3,(H,11,12). The Morgan fingerprint density at radius 3 is 2.92 bits per heavy atom. The van der Waals surface area contributed by atoms with Crippen LogP contribution in [0.25, 0.3) is 0 Å². The Morgan fingerprint density at radius 1 is 1.62 bits per heavy atom. The number of carboxylic acid groups (broad SMARTS) is 1. The molecule has 0 spiro atoms. The summed E-state index contributed by atoms with van der Waals surface area (Å²) < 4.78 is 1.41. The summed E-state index contributed by atoms with van der Waals surface area (Å²) in [6.07, 6.45) is 1.57. The van der Waals surface area contributed by atoms with Crippen LogP contribution in [-0.2, 0) is 11.3 Å². The molecule has 0 amide bonds. The topological polar surface area (TPSA) is 59.3 Å². The molecular formula is C9H11NO3. The number of aryl methyl sites for hydroxylation is 2. The quantitative estimate of drug-likeness (QED) is 0.744. The van der Waals surface area contributed by atoms with Crippen molar-refractivity contribution in [2.75, 3.05) is 0 Å². The van der Waals surface area contributed by atoms with Crippen LogP contribution in [-0.4, -0.2) is 15.6 Å². The summed E-state index contributed by atoms with van der Waals surface area (Å²) in [7, 11) is 0. The first-order valence-electron chi connectivity index (χ1n) is 3.99. The van der Waals surface area contributed by atoms with Gasteiger partial charge < -0.3 is 9.67 Å². The fourth-order valence-corrected chi connectivity index (χ4v) is 1.05. The van der Waals surface area contributed by atoms with E-state index in [9.17, 15) is 9.59 Å². The van der Waals surface area contributed by atoms with Crippen molar-refractivity contribution >= 4 is 5.97 Å². The van der Waals surface area contributed by atoms with Gasteiger partial charge in [-0.2, -0.15) is 0 Å². The molecule has 0 fully saturated rings. The summed E-state index contributed by atoms with van der Waals surface area (Å²) in [5, 5.41) is 8.42. The minimum Gasteiger partial charge on any atom is -0.481 e. The molecule has 0 bridgehead atoms. The molecule has 4 nitrogen and oxygen atoms in total. The fraction of sp³-hybridized carbons (Fsp3) is 0.333. The second-order valence-electron chi connectivity index (χ2n) is 2.83. The van der Waals surface area contributed by atoms with Gasteiger partial charge in [-0.1, -0.05) is 6.07 Å². The van der Waals surface area contributed by atoms with Crippen LogP contribution in [0.5, 0.6) is 0 Å². The maximum atomic E-state index is 11.4. The van der Waals surface area contributed by atoms with Crippen molar-refractivity contribution in [2.45, 2.75) is 19.9 Å². The third-order valence-electron chi connectivity index (χ3n) is 1.78. The van der Waals surface area contributed by atoms with E-state index in [2.05, 4.69) is 0 Å². The molecule has 1 aromatic rings. The van der Waals surface area contributed by atoms with Gasteiger partial charge in [0.25, 0.3) is 5.56 Å². The lowest BCUT2D eigenvalue weighted by molar-refractivity contribution is -0.137. The lowest BCUT2D eigenvalue weighted by atomic mass is 10.3. The van der Waals surface area contributed by atoms with Crippen LogP contribution in [0, 0.1) is 6.92 Å². The van der Waals surface area contributed by atoms with E-state index in [1.54, 1.807) is 25.3 Å². The molecule has 0 saturated heterocycles. The Morgan fingerprint density at radius 2 is 2.31 bits per heavy atom. The number of hydrogen-bond donors (Lipinski definition) is 1. The lowest BCUT2D eigenvalue weighted by Gasteiger charge is -2.03. The number of rotatable bonds is 3. The van der Waals surface area contributed by atoms with Gasteiger partial charge in [-0.3, -0.25) is 9.59 Å². The number of hydrogen-bond acceptors (Lipinski definition) is 2. The van der Waals surface area contributed by atoms with Gasteiger partial charge in [-0.25, -0.2) is 0 Å². The third-order valence-corrected chi connectivity index (χ3v) is 1.78. The van der Waals surface area contributed by atoms with Gasteiger partial charge in [0.1, 0.15) is 0 Å². The van der Waals surface area contributed by atoms with Crippen molar-refractivity contribution in [2.24, 2.45) is 0 Å². The van der Waals surface area contributed by atoms with Gasteiger partial charge in [0.05, 0.1) is 6.42 Å². The predicted molar refractivity (Wildman–Crippen MR) is 47.7 cm³/mol. The average molecular weight is 181 g/mol. The number of pyridine rings is 1. The molecule has 1 aromatic heterocycles. The van der Waals surface area contributed by atoms with E-state index in [4.69, 9.17) is 5.11 Å². The van der Waals surface area contributed by atoms with E-state index >= 15 is 0 Å². The second kappa shape index (κ2) is 3.89. The maximum absolute atomic E-state index is 11.4. The smallest absolute Gasteiger partial charge is 0.305 e. The van der Waals surface area contributed by atoms with Gasteiger partial charge >= 0.3 is 5.97 Å². The van der Waals surface area contributed by atoms with Crippen molar-refractivity contribution in [1.29, 1.82) is 0 Å². The molecule has 0 radical (unpaired) electrons. The molecule has 0 atom stereocenters. The van der Waals surface area contributed by atoms with Gasteiger partial charge in [0.2, 0.25) is 0 Å². The predicted octanol–water partition coefficient (Wildman–Crippen LogP) is 0.631. The highest BCUT2D eigenvalue weighted by Gasteiger charge is 2.00. The van der Waals surface area contributed by atoms with Crippen LogP contribution in [0.1, 0.15) is 12.0 Å². The normalized spacial score (nSPS) is 9.92. The van der Waals surface area contributed by atoms with Crippen LogP contribution in [0.15, 0.2) is 23.1 Å². The molecule has 0 aromatic carbocycles. The zero-order valence-corrected chi connectivity index (χ0v) is 7.36. The molecule has 1 rings (SSSR count). The lowest BCUT2D eigenvalue weighted by Crippen LogP contribution is -2.22. The largest absolute Gasteiger partial charge is 0.481 e. The van der Waals surface area contributed by atoms with E-state index < -0.39 is 5.97 Å². The molecule has 0 unspecified atom stereocenters. The summed E-state index contributed by atoms with van der Waals surface area (Å²) in [4.78, 5) is 21.6. The van der Waals surface area contributed by atoms with Crippen molar-refractivity contribution in [3.05, 3.63) is 34.2 Å². The zero-order valence-electron chi connectivity index (χ0n) is 7.36. The Balaban J connectivity index is 2.84. The van der Waals surface area contributed by atoms with Crippen molar-refractivity contribution < 1.29 is 9.90 Å². The van der Waals surface area contributed by atoms with Gasteiger partial charge in [-0.15, -0.1) is 0 Å². The summed E-state index contributed by atoms with van der Waals surface area (Å²) in [5.41, 5.74) is 0.511. The Hall–Kier alpha value is -1.58. The van der Waals surface area contributed by atoms with Gasteiger partial charge in [-0.05, 0) is 13.0 Å².